The van der Waals surface area contributed by atoms with Gasteiger partial charge < -0.3 is 19.1 Å². The van der Waals surface area contributed by atoms with E-state index >= 15 is 0 Å². The van der Waals surface area contributed by atoms with Crippen LogP contribution in [0.3, 0.4) is 0 Å². The third-order valence-corrected chi connectivity index (χ3v) is 6.45. The first-order valence-corrected chi connectivity index (χ1v) is 12.4. The zero-order chi connectivity index (χ0) is 27.2. The summed E-state index contributed by atoms with van der Waals surface area (Å²) in [6, 6.07) is 23.4. The molecule has 38 heavy (non-hydrogen) atoms. The summed E-state index contributed by atoms with van der Waals surface area (Å²) in [4.78, 5) is 43.2. The molecule has 1 amide bonds. The predicted molar refractivity (Wildman–Crippen MR) is 147 cm³/mol. The van der Waals surface area contributed by atoms with E-state index in [1.807, 2.05) is 36.4 Å². The number of nitrogens with zero attached hydrogens (tertiary/aromatic N) is 2. The molecular formula is C29H25BrN2O6. The summed E-state index contributed by atoms with van der Waals surface area (Å²) in [5.74, 6) is -1.79. The Morgan fingerprint density at radius 3 is 1.97 bits per heavy atom. The average Bonchev–Trinajstić information content (AvgIpc) is 2.96. The number of carbonyl (C=O) groups is 3. The van der Waals surface area contributed by atoms with E-state index in [4.69, 9.17) is 14.2 Å². The van der Waals surface area contributed by atoms with E-state index in [0.29, 0.717) is 17.1 Å². The molecule has 0 radical (unpaired) electrons. The molecule has 1 aliphatic rings. The molecular weight excluding hydrogens is 552 g/mol. The van der Waals surface area contributed by atoms with Gasteiger partial charge in [0.25, 0.3) is 5.91 Å². The molecule has 3 aromatic rings. The topological polar surface area (TPSA) is 85.4 Å². The predicted octanol–water partition coefficient (Wildman–Crippen LogP) is 4.95. The SMILES string of the molecule is COC(=O)C1=C(C(=O)OC)N(c2ccccc2)C(/C=C/c2ccc(OC)cc2)N(c2ccc(Br)cc2)C1=O. The number of hydrogen-bond acceptors (Lipinski definition) is 7. The first kappa shape index (κ1) is 26.7. The molecule has 0 aromatic heterocycles. The second-order valence-electron chi connectivity index (χ2n) is 8.11. The van der Waals surface area contributed by atoms with Crippen molar-refractivity contribution in [2.24, 2.45) is 0 Å². The molecule has 0 spiro atoms. The van der Waals surface area contributed by atoms with Crippen molar-refractivity contribution in [2.75, 3.05) is 31.1 Å². The first-order valence-electron chi connectivity index (χ1n) is 11.6. The molecule has 1 atom stereocenters. The summed E-state index contributed by atoms with van der Waals surface area (Å²) in [5, 5.41) is 0. The smallest absolute Gasteiger partial charge is 0.355 e. The number of amides is 1. The van der Waals surface area contributed by atoms with Crippen LogP contribution in [0.25, 0.3) is 6.08 Å². The van der Waals surface area contributed by atoms with Gasteiger partial charge in [0.1, 0.15) is 17.6 Å². The van der Waals surface area contributed by atoms with Crippen LogP contribution in [-0.2, 0) is 23.9 Å². The Kier molecular flexibility index (Phi) is 8.28. The summed E-state index contributed by atoms with van der Waals surface area (Å²) < 4.78 is 16.0. The fraction of sp³-hybridized carbons (Fsp3) is 0.138. The fourth-order valence-electron chi connectivity index (χ4n) is 4.12. The van der Waals surface area contributed by atoms with E-state index in [1.54, 1.807) is 66.6 Å². The van der Waals surface area contributed by atoms with Crippen LogP contribution in [-0.4, -0.2) is 45.3 Å². The molecule has 9 heteroatoms. The summed E-state index contributed by atoms with van der Waals surface area (Å²) >= 11 is 3.42. The quantitative estimate of drug-likeness (QED) is 0.290. The van der Waals surface area contributed by atoms with Crippen LogP contribution in [0.15, 0.2) is 101 Å². The molecule has 0 N–H and O–H groups in total. The van der Waals surface area contributed by atoms with Gasteiger partial charge in [-0.3, -0.25) is 9.69 Å². The lowest BCUT2D eigenvalue weighted by Gasteiger charge is -2.44. The van der Waals surface area contributed by atoms with Crippen molar-refractivity contribution in [3.8, 4) is 5.75 Å². The Morgan fingerprint density at radius 2 is 1.39 bits per heavy atom. The minimum atomic E-state index is -0.948. The molecule has 0 bridgehead atoms. The standard InChI is InChI=1S/C29H25BrN2O6/c1-36-23-16-9-19(10-17-23)11-18-24-31(21-7-5-4-6-8-21)26(29(35)38-3)25(28(34)37-2)27(33)32(24)22-14-12-20(30)13-15-22/h4-18,24H,1-3H3/b18-11+. The normalized spacial score (nSPS) is 15.6. The minimum Gasteiger partial charge on any atom is -0.497 e. The molecule has 1 aliphatic heterocycles. The molecule has 0 fully saturated rings. The number of anilines is 2. The maximum atomic E-state index is 14.0. The van der Waals surface area contributed by atoms with Crippen molar-refractivity contribution >= 4 is 51.2 Å². The maximum Gasteiger partial charge on any atom is 0.355 e. The summed E-state index contributed by atoms with van der Waals surface area (Å²) in [6.07, 6.45) is 2.76. The van der Waals surface area contributed by atoms with Crippen LogP contribution in [0, 0.1) is 0 Å². The Hall–Kier alpha value is -4.37. The van der Waals surface area contributed by atoms with E-state index in [0.717, 1.165) is 17.1 Å². The van der Waals surface area contributed by atoms with Crippen LogP contribution < -0.4 is 14.5 Å². The number of halogens is 1. The Labute approximate surface area is 228 Å². The van der Waals surface area contributed by atoms with Crippen molar-refractivity contribution in [3.63, 3.8) is 0 Å². The molecule has 0 saturated heterocycles. The number of esters is 2. The highest BCUT2D eigenvalue weighted by atomic mass is 79.9. The maximum absolute atomic E-state index is 14.0. The number of rotatable bonds is 7. The van der Waals surface area contributed by atoms with Gasteiger partial charge in [-0.1, -0.05) is 52.3 Å². The van der Waals surface area contributed by atoms with Gasteiger partial charge in [-0.15, -0.1) is 0 Å². The highest BCUT2D eigenvalue weighted by Crippen LogP contribution is 2.36. The number of benzene rings is 3. The van der Waals surface area contributed by atoms with Crippen LogP contribution in [0.2, 0.25) is 0 Å². The molecule has 4 rings (SSSR count). The molecule has 8 nitrogen and oxygen atoms in total. The molecule has 0 aliphatic carbocycles. The van der Waals surface area contributed by atoms with E-state index in [9.17, 15) is 14.4 Å². The Bertz CT molecular complexity index is 1380. The second kappa shape index (κ2) is 11.8. The van der Waals surface area contributed by atoms with Gasteiger partial charge in [-0.2, -0.15) is 0 Å². The van der Waals surface area contributed by atoms with Crippen molar-refractivity contribution in [2.45, 2.75) is 6.17 Å². The van der Waals surface area contributed by atoms with Gasteiger partial charge in [-0.05, 0) is 60.2 Å². The molecule has 0 saturated carbocycles. The summed E-state index contributed by atoms with van der Waals surface area (Å²) in [7, 11) is 3.94. The largest absolute Gasteiger partial charge is 0.497 e. The summed E-state index contributed by atoms with van der Waals surface area (Å²) in [6.45, 7) is 0. The Morgan fingerprint density at radius 1 is 0.789 bits per heavy atom. The van der Waals surface area contributed by atoms with Crippen molar-refractivity contribution in [1.82, 2.24) is 0 Å². The van der Waals surface area contributed by atoms with Crippen molar-refractivity contribution in [3.05, 3.63) is 106 Å². The van der Waals surface area contributed by atoms with Crippen LogP contribution in [0.4, 0.5) is 11.4 Å². The van der Waals surface area contributed by atoms with Gasteiger partial charge >= 0.3 is 11.9 Å². The third kappa shape index (κ3) is 5.33. The molecule has 194 valence electrons. The lowest BCUT2D eigenvalue weighted by molar-refractivity contribution is -0.141. The minimum absolute atomic E-state index is 0.215. The number of para-hydroxylation sites is 1. The highest BCUT2D eigenvalue weighted by molar-refractivity contribution is 9.10. The zero-order valence-corrected chi connectivity index (χ0v) is 22.5. The monoisotopic (exact) mass is 576 g/mol. The van der Waals surface area contributed by atoms with Gasteiger partial charge in [-0.25, -0.2) is 9.59 Å². The van der Waals surface area contributed by atoms with Crippen LogP contribution in [0.5, 0.6) is 5.75 Å². The van der Waals surface area contributed by atoms with Crippen LogP contribution in [0.1, 0.15) is 5.56 Å². The number of methoxy groups -OCH3 is 3. The van der Waals surface area contributed by atoms with E-state index in [2.05, 4.69) is 15.9 Å². The number of hydrogen-bond donors (Lipinski definition) is 0. The lowest BCUT2D eigenvalue weighted by Crippen LogP contribution is -2.57. The molecule has 1 unspecified atom stereocenters. The molecule has 1 heterocycles. The molecule has 3 aromatic carbocycles. The van der Waals surface area contributed by atoms with Crippen molar-refractivity contribution in [1.29, 1.82) is 0 Å². The second-order valence-corrected chi connectivity index (χ2v) is 9.03. The van der Waals surface area contributed by atoms with Gasteiger partial charge in [0, 0.05) is 15.8 Å². The van der Waals surface area contributed by atoms with E-state index in [1.165, 1.54) is 12.0 Å². The van der Waals surface area contributed by atoms with Crippen molar-refractivity contribution < 1.29 is 28.6 Å². The number of carbonyl (C=O) groups excluding carboxylic acids is 3. The number of ether oxygens (including phenoxy) is 3. The van der Waals surface area contributed by atoms with Gasteiger partial charge in [0.15, 0.2) is 5.57 Å². The summed E-state index contributed by atoms with van der Waals surface area (Å²) in [5.41, 5.74) is 1.26. The average molecular weight is 577 g/mol. The fourth-order valence-corrected chi connectivity index (χ4v) is 4.38. The van der Waals surface area contributed by atoms with Gasteiger partial charge in [0.05, 0.1) is 21.3 Å². The zero-order valence-electron chi connectivity index (χ0n) is 21.0. The highest BCUT2D eigenvalue weighted by Gasteiger charge is 2.46. The van der Waals surface area contributed by atoms with E-state index < -0.39 is 29.6 Å². The lowest BCUT2D eigenvalue weighted by atomic mass is 10.0. The third-order valence-electron chi connectivity index (χ3n) is 5.92. The Balaban J connectivity index is 1.99. The van der Waals surface area contributed by atoms with E-state index in [-0.39, 0.29) is 5.70 Å². The van der Waals surface area contributed by atoms with Crippen LogP contribution >= 0.6 is 15.9 Å². The van der Waals surface area contributed by atoms with Gasteiger partial charge in [0.2, 0.25) is 0 Å². The first-order chi connectivity index (χ1) is 18.4.